The van der Waals surface area contributed by atoms with Gasteiger partial charge in [0.15, 0.2) is 0 Å². The Hall–Kier alpha value is -2.01. The predicted octanol–water partition coefficient (Wildman–Crippen LogP) is 3.48. The Kier molecular flexibility index (Phi) is 3.60. The Morgan fingerprint density at radius 1 is 1.41 bits per heavy atom. The molecule has 22 heavy (non-hydrogen) atoms. The molecule has 3 rings (SSSR count). The second-order valence-corrected chi connectivity index (χ2v) is 6.19. The smallest absolute Gasteiger partial charge is 0.341 e. The second-order valence-electron chi connectivity index (χ2n) is 5.78. The summed E-state index contributed by atoms with van der Waals surface area (Å²) in [5.74, 6) is -0.721. The van der Waals surface area contributed by atoms with Gasteiger partial charge in [-0.3, -0.25) is 4.79 Å². The summed E-state index contributed by atoms with van der Waals surface area (Å²) in [6.45, 7) is 3.78. The number of hydrogen-bond acceptors (Lipinski definition) is 3. The molecule has 0 atom stereocenters. The number of halogens is 1. The normalized spacial score (nSPS) is 14.5. The number of ether oxygens (including phenoxy) is 1. The van der Waals surface area contributed by atoms with Crippen molar-refractivity contribution in [2.45, 2.75) is 38.8 Å². The van der Waals surface area contributed by atoms with Crippen LogP contribution >= 0.6 is 11.6 Å². The van der Waals surface area contributed by atoms with Gasteiger partial charge in [0.25, 0.3) is 0 Å². The number of carboxylic acid groups (broad SMARTS) is 1. The Balaban J connectivity index is 2.31. The van der Waals surface area contributed by atoms with Crippen LogP contribution in [-0.2, 0) is 0 Å². The van der Waals surface area contributed by atoms with Gasteiger partial charge in [-0.15, -0.1) is 0 Å². The van der Waals surface area contributed by atoms with Crippen LogP contribution in [-0.4, -0.2) is 21.7 Å². The van der Waals surface area contributed by atoms with E-state index in [2.05, 4.69) is 0 Å². The maximum Gasteiger partial charge on any atom is 0.341 e. The first-order valence-corrected chi connectivity index (χ1v) is 7.54. The molecule has 0 saturated heterocycles. The molecule has 1 aliphatic rings. The fourth-order valence-corrected chi connectivity index (χ4v) is 2.71. The van der Waals surface area contributed by atoms with E-state index in [1.54, 1.807) is 6.07 Å². The van der Waals surface area contributed by atoms with Crippen LogP contribution in [0.1, 0.15) is 43.1 Å². The quantitative estimate of drug-likeness (QED) is 0.936. The zero-order valence-electron chi connectivity index (χ0n) is 12.3. The molecule has 1 fully saturated rings. The highest BCUT2D eigenvalue weighted by Crippen LogP contribution is 2.39. The Bertz CT molecular complexity index is 821. The summed E-state index contributed by atoms with van der Waals surface area (Å²) in [4.78, 5) is 23.6. The number of nitrogens with zero attached hydrogens (tertiary/aromatic N) is 1. The highest BCUT2D eigenvalue weighted by atomic mass is 35.5. The van der Waals surface area contributed by atoms with Crippen LogP contribution in [0.25, 0.3) is 10.9 Å². The molecule has 2 aromatic rings. The molecular weight excluding hydrogens is 306 g/mol. The molecule has 0 spiro atoms. The fourth-order valence-electron chi connectivity index (χ4n) is 2.50. The monoisotopic (exact) mass is 321 g/mol. The van der Waals surface area contributed by atoms with Crippen molar-refractivity contribution in [1.29, 1.82) is 0 Å². The molecule has 1 saturated carbocycles. The molecule has 0 radical (unpaired) electrons. The summed E-state index contributed by atoms with van der Waals surface area (Å²) in [5.41, 5.74) is -0.0806. The van der Waals surface area contributed by atoms with E-state index in [1.165, 1.54) is 12.3 Å². The van der Waals surface area contributed by atoms with Crippen LogP contribution in [0.5, 0.6) is 5.75 Å². The Labute approximate surface area is 132 Å². The van der Waals surface area contributed by atoms with E-state index in [1.807, 2.05) is 18.4 Å². The summed E-state index contributed by atoms with van der Waals surface area (Å²) in [6.07, 6.45) is 3.33. The van der Waals surface area contributed by atoms with Crippen molar-refractivity contribution in [1.82, 2.24) is 4.57 Å². The van der Waals surface area contributed by atoms with Gasteiger partial charge < -0.3 is 14.4 Å². The topological polar surface area (TPSA) is 68.5 Å². The number of fused-ring (bicyclic) bond motifs is 1. The van der Waals surface area contributed by atoms with E-state index >= 15 is 0 Å². The van der Waals surface area contributed by atoms with Crippen LogP contribution in [0.4, 0.5) is 0 Å². The lowest BCUT2D eigenvalue weighted by atomic mass is 10.1. The second kappa shape index (κ2) is 5.32. The summed E-state index contributed by atoms with van der Waals surface area (Å²) in [7, 11) is 0. The average Bonchev–Trinajstić information content (AvgIpc) is 3.24. The van der Waals surface area contributed by atoms with Crippen molar-refractivity contribution >= 4 is 28.5 Å². The van der Waals surface area contributed by atoms with Gasteiger partial charge in [0.1, 0.15) is 11.3 Å². The van der Waals surface area contributed by atoms with Gasteiger partial charge in [0.2, 0.25) is 5.43 Å². The number of pyridine rings is 1. The third-order valence-corrected chi connectivity index (χ3v) is 3.91. The van der Waals surface area contributed by atoms with Crippen molar-refractivity contribution in [3.8, 4) is 5.75 Å². The minimum Gasteiger partial charge on any atom is -0.489 e. The molecule has 0 bridgehead atoms. The van der Waals surface area contributed by atoms with Crippen LogP contribution < -0.4 is 10.2 Å². The van der Waals surface area contributed by atoms with Gasteiger partial charge in [-0.1, -0.05) is 11.6 Å². The van der Waals surface area contributed by atoms with E-state index < -0.39 is 11.4 Å². The van der Waals surface area contributed by atoms with Crippen LogP contribution in [0, 0.1) is 0 Å². The standard InChI is InChI=1S/C16H16ClNO4/c1-8(2)22-14-6-13-10(5-12(14)17)15(19)11(16(20)21)7-18(13)9-3-4-9/h5-9H,3-4H2,1-2H3,(H,20,21). The van der Waals surface area contributed by atoms with Crippen LogP contribution in [0.15, 0.2) is 23.1 Å². The van der Waals surface area contributed by atoms with Gasteiger partial charge in [0.05, 0.1) is 16.6 Å². The largest absolute Gasteiger partial charge is 0.489 e. The molecule has 1 aliphatic carbocycles. The lowest BCUT2D eigenvalue weighted by Gasteiger charge is -2.16. The summed E-state index contributed by atoms with van der Waals surface area (Å²) in [5, 5.41) is 9.84. The minimum atomic E-state index is -1.22. The van der Waals surface area contributed by atoms with Gasteiger partial charge in [0, 0.05) is 23.7 Å². The fraction of sp³-hybridized carbons (Fsp3) is 0.375. The maximum atomic E-state index is 12.4. The first-order chi connectivity index (χ1) is 10.4. The van der Waals surface area contributed by atoms with Crippen molar-refractivity contribution in [3.05, 3.63) is 39.1 Å². The number of rotatable bonds is 4. The molecule has 0 unspecified atom stereocenters. The first-order valence-electron chi connectivity index (χ1n) is 7.17. The number of aromatic carboxylic acids is 1. The molecule has 1 aromatic carbocycles. The summed E-state index contributed by atoms with van der Waals surface area (Å²) < 4.78 is 7.51. The molecular formula is C16H16ClNO4. The lowest BCUT2D eigenvalue weighted by Crippen LogP contribution is -2.19. The van der Waals surface area contributed by atoms with Gasteiger partial charge in [-0.05, 0) is 32.8 Å². The molecule has 1 N–H and O–H groups in total. The Morgan fingerprint density at radius 2 is 2.09 bits per heavy atom. The molecule has 0 amide bonds. The van der Waals surface area contributed by atoms with Gasteiger partial charge in [-0.2, -0.15) is 0 Å². The maximum absolute atomic E-state index is 12.4. The lowest BCUT2D eigenvalue weighted by molar-refractivity contribution is 0.0695. The SMILES string of the molecule is CC(C)Oc1cc2c(cc1Cl)c(=O)c(C(=O)O)cn2C1CC1. The molecule has 5 nitrogen and oxygen atoms in total. The highest BCUT2D eigenvalue weighted by molar-refractivity contribution is 6.32. The van der Waals surface area contributed by atoms with Crippen molar-refractivity contribution in [3.63, 3.8) is 0 Å². The zero-order valence-corrected chi connectivity index (χ0v) is 13.1. The molecule has 1 heterocycles. The van der Waals surface area contributed by atoms with Crippen LogP contribution in [0.2, 0.25) is 5.02 Å². The van der Waals surface area contributed by atoms with E-state index in [0.29, 0.717) is 21.7 Å². The average molecular weight is 322 g/mol. The highest BCUT2D eigenvalue weighted by Gasteiger charge is 2.27. The zero-order chi connectivity index (χ0) is 16.0. The van der Waals surface area contributed by atoms with E-state index in [4.69, 9.17) is 16.3 Å². The van der Waals surface area contributed by atoms with Gasteiger partial charge in [-0.25, -0.2) is 4.79 Å². The molecule has 1 aromatic heterocycles. The number of carboxylic acids is 1. The number of aromatic nitrogens is 1. The predicted molar refractivity (Wildman–Crippen MR) is 84.2 cm³/mol. The van der Waals surface area contributed by atoms with E-state index in [-0.39, 0.29) is 17.7 Å². The van der Waals surface area contributed by atoms with E-state index in [0.717, 1.165) is 12.8 Å². The summed E-state index contributed by atoms with van der Waals surface area (Å²) >= 11 is 6.18. The third-order valence-electron chi connectivity index (χ3n) is 3.62. The van der Waals surface area contributed by atoms with Gasteiger partial charge >= 0.3 is 5.97 Å². The van der Waals surface area contributed by atoms with Crippen molar-refractivity contribution in [2.75, 3.05) is 0 Å². The number of benzene rings is 1. The molecule has 116 valence electrons. The summed E-state index contributed by atoms with van der Waals surface area (Å²) in [6, 6.07) is 3.46. The number of carbonyl (C=O) groups is 1. The molecule has 0 aliphatic heterocycles. The molecule has 6 heteroatoms. The van der Waals surface area contributed by atoms with Crippen molar-refractivity contribution < 1.29 is 14.6 Å². The minimum absolute atomic E-state index is 0.0469. The van der Waals surface area contributed by atoms with Crippen LogP contribution in [0.3, 0.4) is 0 Å². The van der Waals surface area contributed by atoms with Crippen molar-refractivity contribution in [2.24, 2.45) is 0 Å². The third kappa shape index (κ3) is 2.57. The van der Waals surface area contributed by atoms with E-state index in [9.17, 15) is 14.7 Å². The first kappa shape index (κ1) is 14.9. The Morgan fingerprint density at radius 3 is 2.64 bits per heavy atom. The number of hydrogen-bond donors (Lipinski definition) is 1.